The lowest BCUT2D eigenvalue weighted by atomic mass is 9.95. The Kier molecular flexibility index (Phi) is 3.25. The van der Waals surface area contributed by atoms with Crippen molar-refractivity contribution in [1.29, 1.82) is 0 Å². The maximum absolute atomic E-state index is 2.32. The summed E-state index contributed by atoms with van der Waals surface area (Å²) in [6.45, 7) is 11.0. The van der Waals surface area contributed by atoms with E-state index in [0.717, 1.165) is 0 Å². The predicted octanol–water partition coefficient (Wildman–Crippen LogP) is 3.72. The van der Waals surface area contributed by atoms with Crippen molar-refractivity contribution in [3.63, 3.8) is 0 Å². The van der Waals surface area contributed by atoms with E-state index in [-0.39, 0.29) is 0 Å². The molecular formula is C17H22N+. The van der Waals surface area contributed by atoms with Crippen molar-refractivity contribution in [3.8, 4) is 11.3 Å². The van der Waals surface area contributed by atoms with Crippen LogP contribution in [0.1, 0.15) is 27.9 Å². The number of aryl methyl sites for hydroxylation is 1. The molecule has 0 saturated carbocycles. The smallest absolute Gasteiger partial charge is 0.198 e. The Hall–Kier alpha value is -1.63. The third-order valence-electron chi connectivity index (χ3n) is 4.26. The molecule has 0 fully saturated rings. The standard InChI is InChI=1S/C17H22N/c1-11-9-7-8-10-16(11)17-14(4)12(2)13(3)15(5)18(17)6/h7-10H,1-6H3/q+1. The molecule has 94 valence electrons. The van der Waals surface area contributed by atoms with Crippen molar-refractivity contribution in [2.75, 3.05) is 0 Å². The highest BCUT2D eigenvalue weighted by Crippen LogP contribution is 2.27. The number of benzene rings is 1. The number of pyridine rings is 1. The van der Waals surface area contributed by atoms with Crippen LogP contribution in [0.25, 0.3) is 11.3 Å². The van der Waals surface area contributed by atoms with Gasteiger partial charge in [0.2, 0.25) is 5.69 Å². The van der Waals surface area contributed by atoms with Gasteiger partial charge in [-0.05, 0) is 44.9 Å². The highest BCUT2D eigenvalue weighted by atomic mass is 14.9. The van der Waals surface area contributed by atoms with Crippen LogP contribution in [-0.2, 0) is 7.05 Å². The number of rotatable bonds is 1. The van der Waals surface area contributed by atoms with Crippen molar-refractivity contribution in [2.45, 2.75) is 34.6 Å². The summed E-state index contributed by atoms with van der Waals surface area (Å²) in [4.78, 5) is 0. The summed E-state index contributed by atoms with van der Waals surface area (Å²) >= 11 is 0. The summed E-state index contributed by atoms with van der Waals surface area (Å²) in [5.41, 5.74) is 9.54. The number of nitrogens with zero attached hydrogens (tertiary/aromatic N) is 1. The molecule has 0 N–H and O–H groups in total. The molecule has 0 aliphatic carbocycles. The molecule has 1 heteroatoms. The van der Waals surface area contributed by atoms with Crippen molar-refractivity contribution < 1.29 is 4.57 Å². The van der Waals surface area contributed by atoms with E-state index < -0.39 is 0 Å². The summed E-state index contributed by atoms with van der Waals surface area (Å²) in [5, 5.41) is 0. The minimum atomic E-state index is 1.33. The van der Waals surface area contributed by atoms with Gasteiger partial charge >= 0.3 is 0 Å². The van der Waals surface area contributed by atoms with Crippen LogP contribution in [0.2, 0.25) is 0 Å². The van der Waals surface area contributed by atoms with E-state index in [1.54, 1.807) is 0 Å². The molecule has 0 aliphatic heterocycles. The van der Waals surface area contributed by atoms with E-state index in [2.05, 4.69) is 70.5 Å². The van der Waals surface area contributed by atoms with Gasteiger partial charge in [0.05, 0.1) is 0 Å². The predicted molar refractivity (Wildman–Crippen MR) is 76.7 cm³/mol. The molecule has 1 nitrogen and oxygen atoms in total. The lowest BCUT2D eigenvalue weighted by Crippen LogP contribution is -2.37. The SMILES string of the molecule is Cc1ccccc1-c1c(C)c(C)c(C)c(C)[n+]1C. The molecule has 0 aliphatic rings. The first-order valence-corrected chi connectivity index (χ1v) is 6.47. The van der Waals surface area contributed by atoms with E-state index >= 15 is 0 Å². The molecule has 1 aromatic carbocycles. The van der Waals surface area contributed by atoms with E-state index in [4.69, 9.17) is 0 Å². The molecule has 0 spiro atoms. The van der Waals surface area contributed by atoms with Gasteiger partial charge in [0, 0.05) is 23.6 Å². The van der Waals surface area contributed by atoms with Gasteiger partial charge in [-0.1, -0.05) is 18.2 Å². The average molecular weight is 240 g/mol. The fourth-order valence-corrected chi connectivity index (χ4v) is 2.62. The first-order valence-electron chi connectivity index (χ1n) is 6.47. The van der Waals surface area contributed by atoms with Crippen LogP contribution in [0, 0.1) is 34.6 Å². The molecular weight excluding hydrogens is 218 g/mol. The second-order valence-electron chi connectivity index (χ2n) is 5.18. The normalized spacial score (nSPS) is 10.8. The molecule has 0 radical (unpaired) electrons. The maximum atomic E-state index is 2.32. The third-order valence-corrected chi connectivity index (χ3v) is 4.26. The van der Waals surface area contributed by atoms with Crippen LogP contribution in [0.3, 0.4) is 0 Å². The lowest BCUT2D eigenvalue weighted by Gasteiger charge is -2.13. The number of hydrogen-bond acceptors (Lipinski definition) is 0. The number of hydrogen-bond donors (Lipinski definition) is 0. The van der Waals surface area contributed by atoms with E-state index in [1.165, 1.54) is 39.2 Å². The quantitative estimate of drug-likeness (QED) is 0.669. The summed E-state index contributed by atoms with van der Waals surface area (Å²) in [7, 11) is 2.16. The first-order chi connectivity index (χ1) is 8.45. The first kappa shape index (κ1) is 12.8. The average Bonchev–Trinajstić information content (AvgIpc) is 2.36. The summed E-state index contributed by atoms with van der Waals surface area (Å²) < 4.78 is 2.32. The molecule has 18 heavy (non-hydrogen) atoms. The van der Waals surface area contributed by atoms with Crippen molar-refractivity contribution >= 4 is 0 Å². The van der Waals surface area contributed by atoms with Crippen LogP contribution in [0.4, 0.5) is 0 Å². The molecule has 1 aromatic heterocycles. The largest absolute Gasteiger partial charge is 0.215 e. The van der Waals surface area contributed by atoms with Crippen LogP contribution >= 0.6 is 0 Å². The van der Waals surface area contributed by atoms with Gasteiger partial charge in [-0.25, -0.2) is 0 Å². The molecule has 0 bridgehead atoms. The van der Waals surface area contributed by atoms with E-state index in [0.29, 0.717) is 0 Å². The van der Waals surface area contributed by atoms with Crippen molar-refractivity contribution in [2.24, 2.45) is 7.05 Å². The summed E-state index contributed by atoms with van der Waals surface area (Å²) in [6.07, 6.45) is 0. The Bertz CT molecular complexity index is 580. The minimum Gasteiger partial charge on any atom is -0.198 e. The van der Waals surface area contributed by atoms with Crippen LogP contribution < -0.4 is 4.57 Å². The molecule has 0 atom stereocenters. The van der Waals surface area contributed by atoms with Gasteiger partial charge in [-0.3, -0.25) is 0 Å². The fourth-order valence-electron chi connectivity index (χ4n) is 2.62. The van der Waals surface area contributed by atoms with Gasteiger partial charge in [-0.15, -0.1) is 0 Å². The van der Waals surface area contributed by atoms with Crippen molar-refractivity contribution in [1.82, 2.24) is 0 Å². The third kappa shape index (κ3) is 1.84. The molecule has 0 saturated heterocycles. The monoisotopic (exact) mass is 240 g/mol. The Morgan fingerprint density at radius 2 is 1.39 bits per heavy atom. The second-order valence-corrected chi connectivity index (χ2v) is 5.18. The maximum Gasteiger partial charge on any atom is 0.215 e. The molecule has 0 unspecified atom stereocenters. The van der Waals surface area contributed by atoms with Gasteiger partial charge in [0.1, 0.15) is 7.05 Å². The Morgan fingerprint density at radius 3 is 2.00 bits per heavy atom. The summed E-state index contributed by atoms with van der Waals surface area (Å²) in [6, 6.07) is 8.61. The molecule has 0 amide bonds. The van der Waals surface area contributed by atoms with E-state index in [9.17, 15) is 0 Å². The zero-order valence-corrected chi connectivity index (χ0v) is 12.3. The van der Waals surface area contributed by atoms with Gasteiger partial charge in [0.25, 0.3) is 0 Å². The topological polar surface area (TPSA) is 3.88 Å². The fraction of sp³-hybridized carbons (Fsp3) is 0.353. The number of aromatic nitrogens is 1. The van der Waals surface area contributed by atoms with Crippen molar-refractivity contribution in [3.05, 3.63) is 52.2 Å². The second kappa shape index (κ2) is 4.56. The lowest BCUT2D eigenvalue weighted by molar-refractivity contribution is -0.667. The highest BCUT2D eigenvalue weighted by Gasteiger charge is 2.21. The summed E-state index contributed by atoms with van der Waals surface area (Å²) in [5.74, 6) is 0. The Labute approximate surface area is 110 Å². The zero-order valence-electron chi connectivity index (χ0n) is 12.3. The van der Waals surface area contributed by atoms with Gasteiger partial charge in [0.15, 0.2) is 5.69 Å². The van der Waals surface area contributed by atoms with Gasteiger partial charge < -0.3 is 0 Å². The highest BCUT2D eigenvalue weighted by molar-refractivity contribution is 5.65. The van der Waals surface area contributed by atoms with Gasteiger partial charge in [-0.2, -0.15) is 4.57 Å². The Balaban J connectivity index is 2.85. The molecule has 2 rings (SSSR count). The van der Waals surface area contributed by atoms with E-state index in [1.807, 2.05) is 0 Å². The van der Waals surface area contributed by atoms with Crippen LogP contribution in [0.15, 0.2) is 24.3 Å². The molecule has 2 aromatic rings. The molecule has 1 heterocycles. The zero-order chi connectivity index (χ0) is 13.4. The van der Waals surface area contributed by atoms with Crippen LogP contribution in [-0.4, -0.2) is 0 Å². The van der Waals surface area contributed by atoms with Crippen LogP contribution in [0.5, 0.6) is 0 Å². The Morgan fingerprint density at radius 1 is 0.778 bits per heavy atom. The minimum absolute atomic E-state index is 1.33.